The van der Waals surface area contributed by atoms with Crippen LogP contribution in [-0.2, 0) is 0 Å². The molecule has 2 atom stereocenters. The Kier molecular flexibility index (Phi) is 2.36. The van der Waals surface area contributed by atoms with Crippen LogP contribution in [0.5, 0.6) is 11.5 Å². The Bertz CT molecular complexity index is 394. The van der Waals surface area contributed by atoms with Crippen molar-refractivity contribution in [1.82, 2.24) is 0 Å². The van der Waals surface area contributed by atoms with Gasteiger partial charge in [-0.2, -0.15) is 0 Å². The molecule has 16 heavy (non-hydrogen) atoms. The van der Waals surface area contributed by atoms with Gasteiger partial charge in [0.15, 0.2) is 11.5 Å². The lowest BCUT2D eigenvalue weighted by atomic mass is 10.2. The highest BCUT2D eigenvalue weighted by Gasteiger charge is 2.25. The summed E-state index contributed by atoms with van der Waals surface area (Å²) in [4.78, 5) is 0. The van der Waals surface area contributed by atoms with E-state index in [-0.39, 0.29) is 12.1 Å². The number of rotatable bonds is 2. The zero-order chi connectivity index (χ0) is 11.0. The number of ether oxygens (including phenoxy) is 2. The zero-order valence-corrected chi connectivity index (χ0v) is 8.98. The third kappa shape index (κ3) is 1.69. The van der Waals surface area contributed by atoms with Crippen molar-refractivity contribution < 1.29 is 14.6 Å². The van der Waals surface area contributed by atoms with E-state index in [4.69, 9.17) is 9.47 Å². The molecule has 2 N–H and O–H groups in total. The molecule has 4 heteroatoms. The summed E-state index contributed by atoms with van der Waals surface area (Å²) in [5.41, 5.74) is 0.982. The molecule has 1 aromatic rings. The van der Waals surface area contributed by atoms with Gasteiger partial charge in [0, 0.05) is 11.8 Å². The third-order valence-corrected chi connectivity index (χ3v) is 3.20. The number of nitrogens with one attached hydrogen (secondary N) is 1. The standard InChI is InChI=1S/C12H15NO3/c14-10-3-1-2-9(10)13-8-4-5-11-12(6-8)16-7-15-11/h4-6,9-10,13-14H,1-3,7H2/t9-,10-/m1/s1. The minimum atomic E-state index is -0.231. The molecule has 0 aromatic heterocycles. The highest BCUT2D eigenvalue weighted by Crippen LogP contribution is 2.35. The van der Waals surface area contributed by atoms with Crippen molar-refractivity contribution in [3.05, 3.63) is 18.2 Å². The van der Waals surface area contributed by atoms with Crippen LogP contribution in [-0.4, -0.2) is 24.0 Å². The summed E-state index contributed by atoms with van der Waals surface area (Å²) < 4.78 is 10.6. The average molecular weight is 221 g/mol. The molecular weight excluding hydrogens is 206 g/mol. The fourth-order valence-electron chi connectivity index (χ4n) is 2.31. The van der Waals surface area contributed by atoms with Crippen molar-refractivity contribution in [2.45, 2.75) is 31.4 Å². The smallest absolute Gasteiger partial charge is 0.231 e. The van der Waals surface area contributed by atoms with Gasteiger partial charge in [0.1, 0.15) is 0 Å². The molecule has 0 bridgehead atoms. The number of hydrogen-bond acceptors (Lipinski definition) is 4. The normalized spacial score (nSPS) is 27.1. The first-order chi connectivity index (χ1) is 7.83. The molecule has 4 nitrogen and oxygen atoms in total. The zero-order valence-electron chi connectivity index (χ0n) is 8.98. The molecule has 3 rings (SSSR count). The van der Waals surface area contributed by atoms with E-state index in [9.17, 15) is 5.11 Å². The maximum atomic E-state index is 9.73. The highest BCUT2D eigenvalue weighted by molar-refractivity contribution is 5.56. The molecular formula is C12H15NO3. The van der Waals surface area contributed by atoms with E-state index in [1.807, 2.05) is 18.2 Å². The van der Waals surface area contributed by atoms with Crippen LogP contribution in [0.4, 0.5) is 5.69 Å². The Labute approximate surface area is 94.2 Å². The fraction of sp³-hybridized carbons (Fsp3) is 0.500. The molecule has 1 fully saturated rings. The van der Waals surface area contributed by atoms with Crippen LogP contribution in [0, 0.1) is 0 Å². The van der Waals surface area contributed by atoms with Gasteiger partial charge in [-0.1, -0.05) is 0 Å². The predicted molar refractivity (Wildman–Crippen MR) is 59.8 cm³/mol. The molecule has 0 radical (unpaired) electrons. The second-order valence-electron chi connectivity index (χ2n) is 4.32. The van der Waals surface area contributed by atoms with Crippen LogP contribution < -0.4 is 14.8 Å². The summed E-state index contributed by atoms with van der Waals surface area (Å²) in [5.74, 6) is 1.56. The van der Waals surface area contributed by atoms with E-state index < -0.39 is 0 Å². The second-order valence-corrected chi connectivity index (χ2v) is 4.32. The molecule has 0 unspecified atom stereocenters. The van der Waals surface area contributed by atoms with Gasteiger partial charge in [-0.25, -0.2) is 0 Å². The lowest BCUT2D eigenvalue weighted by molar-refractivity contribution is 0.171. The molecule has 0 amide bonds. The summed E-state index contributed by atoms with van der Waals surface area (Å²) in [6.07, 6.45) is 2.77. The summed E-state index contributed by atoms with van der Waals surface area (Å²) in [6, 6.07) is 5.94. The van der Waals surface area contributed by atoms with Crippen LogP contribution in [0.3, 0.4) is 0 Å². The largest absolute Gasteiger partial charge is 0.454 e. The van der Waals surface area contributed by atoms with Gasteiger partial charge in [-0.05, 0) is 31.4 Å². The first-order valence-corrected chi connectivity index (χ1v) is 5.67. The third-order valence-electron chi connectivity index (χ3n) is 3.20. The summed E-state index contributed by atoms with van der Waals surface area (Å²) >= 11 is 0. The molecule has 0 spiro atoms. The van der Waals surface area contributed by atoms with Crippen LogP contribution in [0.1, 0.15) is 19.3 Å². The summed E-state index contributed by atoms with van der Waals surface area (Å²) in [5, 5.41) is 13.1. The number of aliphatic hydroxyl groups excluding tert-OH is 1. The van der Waals surface area contributed by atoms with Crippen molar-refractivity contribution in [3.63, 3.8) is 0 Å². The van der Waals surface area contributed by atoms with Gasteiger partial charge in [-0.15, -0.1) is 0 Å². The molecule has 1 aromatic carbocycles. The summed E-state index contributed by atoms with van der Waals surface area (Å²) in [7, 11) is 0. The molecule has 1 aliphatic carbocycles. The molecule has 1 aliphatic heterocycles. The number of fused-ring (bicyclic) bond motifs is 1. The number of anilines is 1. The van der Waals surface area contributed by atoms with Crippen molar-refractivity contribution in [2.24, 2.45) is 0 Å². The van der Waals surface area contributed by atoms with E-state index in [1.54, 1.807) is 0 Å². The average Bonchev–Trinajstić information content (AvgIpc) is 2.88. The Morgan fingerprint density at radius 3 is 2.88 bits per heavy atom. The van der Waals surface area contributed by atoms with Crippen LogP contribution in [0.2, 0.25) is 0 Å². The molecule has 86 valence electrons. The minimum absolute atomic E-state index is 0.167. The van der Waals surface area contributed by atoms with Gasteiger partial charge in [0.2, 0.25) is 6.79 Å². The van der Waals surface area contributed by atoms with Gasteiger partial charge in [0.25, 0.3) is 0 Å². The van der Waals surface area contributed by atoms with Crippen molar-refractivity contribution in [3.8, 4) is 11.5 Å². The van der Waals surface area contributed by atoms with Gasteiger partial charge < -0.3 is 19.9 Å². The van der Waals surface area contributed by atoms with Crippen molar-refractivity contribution in [2.75, 3.05) is 12.1 Å². The lowest BCUT2D eigenvalue weighted by Crippen LogP contribution is -2.27. The Morgan fingerprint density at radius 1 is 1.19 bits per heavy atom. The number of aliphatic hydroxyl groups is 1. The topological polar surface area (TPSA) is 50.7 Å². The van der Waals surface area contributed by atoms with Crippen LogP contribution in [0.25, 0.3) is 0 Å². The first kappa shape index (κ1) is 9.78. The quantitative estimate of drug-likeness (QED) is 0.798. The van der Waals surface area contributed by atoms with Crippen LogP contribution in [0.15, 0.2) is 18.2 Å². The van der Waals surface area contributed by atoms with Crippen molar-refractivity contribution in [1.29, 1.82) is 0 Å². The monoisotopic (exact) mass is 221 g/mol. The molecule has 1 heterocycles. The maximum Gasteiger partial charge on any atom is 0.231 e. The maximum absolute atomic E-state index is 9.73. The predicted octanol–water partition coefficient (Wildman–Crippen LogP) is 1.74. The summed E-state index contributed by atoms with van der Waals surface area (Å²) in [6.45, 7) is 0.296. The SMILES string of the molecule is O[C@@H]1CCC[C@H]1Nc1ccc2c(c1)OCO2. The van der Waals surface area contributed by atoms with Crippen molar-refractivity contribution >= 4 is 5.69 Å². The fourth-order valence-corrected chi connectivity index (χ4v) is 2.31. The van der Waals surface area contributed by atoms with E-state index in [0.717, 1.165) is 36.4 Å². The van der Waals surface area contributed by atoms with E-state index in [2.05, 4.69) is 5.32 Å². The number of benzene rings is 1. The van der Waals surface area contributed by atoms with Crippen LogP contribution >= 0.6 is 0 Å². The van der Waals surface area contributed by atoms with Gasteiger partial charge >= 0.3 is 0 Å². The Hall–Kier alpha value is -1.42. The molecule has 0 saturated heterocycles. The minimum Gasteiger partial charge on any atom is -0.454 e. The van der Waals surface area contributed by atoms with Gasteiger partial charge in [-0.3, -0.25) is 0 Å². The molecule has 1 saturated carbocycles. The Balaban J connectivity index is 1.75. The highest BCUT2D eigenvalue weighted by atomic mass is 16.7. The Morgan fingerprint density at radius 2 is 2.06 bits per heavy atom. The van der Waals surface area contributed by atoms with E-state index in [1.165, 1.54) is 0 Å². The van der Waals surface area contributed by atoms with E-state index in [0.29, 0.717) is 6.79 Å². The second kappa shape index (κ2) is 3.87. The number of hydrogen-bond donors (Lipinski definition) is 2. The lowest BCUT2D eigenvalue weighted by Gasteiger charge is -2.17. The van der Waals surface area contributed by atoms with E-state index >= 15 is 0 Å². The molecule has 2 aliphatic rings. The first-order valence-electron chi connectivity index (χ1n) is 5.67. The van der Waals surface area contributed by atoms with Gasteiger partial charge in [0.05, 0.1) is 12.1 Å².